The van der Waals surface area contributed by atoms with Crippen LogP contribution in [0.15, 0.2) is 41.8 Å². The molecule has 25 heavy (non-hydrogen) atoms. The predicted molar refractivity (Wildman–Crippen MR) is 100.0 cm³/mol. The van der Waals surface area contributed by atoms with Crippen molar-refractivity contribution in [2.24, 2.45) is 0 Å². The highest BCUT2D eigenvalue weighted by molar-refractivity contribution is 7.09. The number of hydrogen-bond donors (Lipinski definition) is 4. The second-order valence-electron chi connectivity index (χ2n) is 5.25. The summed E-state index contributed by atoms with van der Waals surface area (Å²) in [7, 11) is 0. The summed E-state index contributed by atoms with van der Waals surface area (Å²) in [6.07, 6.45) is 1.08. The fourth-order valence-electron chi connectivity index (χ4n) is 2.55. The number of phenols is 1. The fourth-order valence-corrected chi connectivity index (χ4v) is 3.19. The average Bonchev–Trinajstić information content (AvgIpc) is 3.12. The third-order valence-electron chi connectivity index (χ3n) is 3.67. The lowest BCUT2D eigenvalue weighted by Crippen LogP contribution is -2.09. The molecule has 0 saturated carbocycles. The van der Waals surface area contributed by atoms with Crippen molar-refractivity contribution in [3.05, 3.63) is 57.8 Å². The van der Waals surface area contributed by atoms with Gasteiger partial charge < -0.3 is 21.6 Å². The van der Waals surface area contributed by atoms with Crippen LogP contribution in [0.1, 0.15) is 16.0 Å². The summed E-state index contributed by atoms with van der Waals surface area (Å²) in [5.41, 5.74) is 7.73. The number of benzene rings is 1. The number of pyridine rings is 1. The van der Waals surface area contributed by atoms with Gasteiger partial charge in [0.2, 0.25) is 0 Å². The Morgan fingerprint density at radius 1 is 1.36 bits per heavy atom. The molecule has 7 heteroatoms. The summed E-state index contributed by atoms with van der Waals surface area (Å²) in [4.78, 5) is 5.35. The van der Waals surface area contributed by atoms with Gasteiger partial charge in [-0.05, 0) is 29.1 Å². The number of nitriles is 1. The molecule has 0 spiro atoms. The van der Waals surface area contributed by atoms with Crippen LogP contribution in [-0.4, -0.2) is 16.3 Å². The van der Waals surface area contributed by atoms with Crippen molar-refractivity contribution in [2.75, 3.05) is 11.1 Å². The maximum absolute atomic E-state index is 9.77. The van der Waals surface area contributed by atoms with E-state index in [1.54, 1.807) is 29.5 Å². The number of hydrogen-bond acceptors (Lipinski definition) is 7. The summed E-state index contributed by atoms with van der Waals surface area (Å²) in [6, 6.07) is 12.6. The number of rotatable bonds is 5. The molecule has 2 heterocycles. The first-order chi connectivity index (χ1) is 12.1. The monoisotopic (exact) mass is 349 g/mol. The van der Waals surface area contributed by atoms with Crippen LogP contribution in [0.3, 0.4) is 0 Å². The van der Waals surface area contributed by atoms with Gasteiger partial charge in [0.15, 0.2) is 0 Å². The summed E-state index contributed by atoms with van der Waals surface area (Å²) < 4.78 is 0. The lowest BCUT2D eigenvalue weighted by atomic mass is 9.95. The molecule has 6 nitrogen and oxygen atoms in total. The van der Waals surface area contributed by atoms with Gasteiger partial charge in [-0.3, -0.25) is 0 Å². The molecule has 0 saturated heterocycles. The molecule has 1 aromatic carbocycles. The van der Waals surface area contributed by atoms with Crippen molar-refractivity contribution in [3.63, 3.8) is 0 Å². The van der Waals surface area contributed by atoms with Crippen molar-refractivity contribution in [1.82, 2.24) is 4.98 Å². The van der Waals surface area contributed by atoms with Gasteiger partial charge in [0.05, 0.1) is 6.54 Å². The number of nitrogen functional groups attached to an aromatic ring is 1. The van der Waals surface area contributed by atoms with E-state index in [9.17, 15) is 10.4 Å². The van der Waals surface area contributed by atoms with Crippen LogP contribution >= 0.6 is 11.3 Å². The number of nitrogens with one attached hydrogen (secondary N) is 2. The van der Waals surface area contributed by atoms with Crippen LogP contribution in [0.5, 0.6) is 5.75 Å². The van der Waals surface area contributed by atoms with E-state index in [2.05, 4.69) is 16.4 Å². The van der Waals surface area contributed by atoms with Crippen molar-refractivity contribution < 1.29 is 5.11 Å². The summed E-state index contributed by atoms with van der Waals surface area (Å²) in [5, 5.41) is 32.2. The molecule has 5 N–H and O–H groups in total. The molecule has 0 bridgehead atoms. The highest BCUT2D eigenvalue weighted by Gasteiger charge is 2.19. The zero-order valence-electron chi connectivity index (χ0n) is 13.2. The van der Waals surface area contributed by atoms with Crippen LogP contribution < -0.4 is 11.1 Å². The first-order valence-electron chi connectivity index (χ1n) is 7.43. The Morgan fingerprint density at radius 3 is 2.84 bits per heavy atom. The lowest BCUT2D eigenvalue weighted by molar-refractivity contribution is 0.475. The zero-order chi connectivity index (χ0) is 17.8. The minimum absolute atomic E-state index is 0.0702. The molecular formula is C18H15N5OS. The second kappa shape index (κ2) is 7.03. The topological polar surface area (TPSA) is 119 Å². The largest absolute Gasteiger partial charge is 0.508 e. The average molecular weight is 349 g/mol. The number of thiophene rings is 1. The molecule has 124 valence electrons. The number of nitrogens with zero attached hydrogens (tertiary/aromatic N) is 2. The molecule has 0 fully saturated rings. The first-order valence-corrected chi connectivity index (χ1v) is 8.31. The van der Waals surface area contributed by atoms with E-state index >= 15 is 0 Å². The standard InChI is InChI=1S/C18H15N5OS/c19-8-14-16(11-3-1-4-12(24)7-11)15(9-20)18(23-17(14)21)22-10-13-5-2-6-25-13/h1-8,19,24H,10H2,(H3,21,22,23). The minimum atomic E-state index is 0.0702. The van der Waals surface area contributed by atoms with Crippen molar-refractivity contribution in [3.8, 4) is 22.9 Å². The Hall–Kier alpha value is -3.37. The molecule has 0 unspecified atom stereocenters. The number of aromatic hydroxyl groups is 1. The SMILES string of the molecule is N#Cc1c(NCc2cccs2)nc(N)c(C=N)c1-c1cccc(O)c1. The molecule has 3 aromatic rings. The highest BCUT2D eigenvalue weighted by Crippen LogP contribution is 2.35. The zero-order valence-corrected chi connectivity index (χ0v) is 14.0. The van der Waals surface area contributed by atoms with Crippen molar-refractivity contribution in [1.29, 1.82) is 10.7 Å². The quantitative estimate of drug-likeness (QED) is 0.525. The number of nitrogens with two attached hydrogens (primary N) is 1. The summed E-state index contributed by atoms with van der Waals surface area (Å²) in [6.45, 7) is 0.516. The maximum Gasteiger partial charge on any atom is 0.147 e. The Bertz CT molecular complexity index is 960. The first kappa shape index (κ1) is 16.5. The van der Waals surface area contributed by atoms with Gasteiger partial charge >= 0.3 is 0 Å². The van der Waals surface area contributed by atoms with E-state index in [0.29, 0.717) is 29.1 Å². The highest BCUT2D eigenvalue weighted by atomic mass is 32.1. The lowest BCUT2D eigenvalue weighted by Gasteiger charge is -2.15. The molecular weight excluding hydrogens is 334 g/mol. The van der Waals surface area contributed by atoms with E-state index in [-0.39, 0.29) is 17.1 Å². The van der Waals surface area contributed by atoms with Gasteiger partial charge in [0.1, 0.15) is 29.0 Å². The van der Waals surface area contributed by atoms with Gasteiger partial charge in [0.25, 0.3) is 0 Å². The normalized spacial score (nSPS) is 10.2. The second-order valence-corrected chi connectivity index (χ2v) is 6.28. The van der Waals surface area contributed by atoms with E-state index < -0.39 is 0 Å². The molecule has 0 aliphatic carbocycles. The fraction of sp³-hybridized carbons (Fsp3) is 0.0556. The van der Waals surface area contributed by atoms with E-state index in [0.717, 1.165) is 11.1 Å². The molecule has 0 aliphatic heterocycles. The summed E-state index contributed by atoms with van der Waals surface area (Å²) >= 11 is 1.60. The van der Waals surface area contributed by atoms with Gasteiger partial charge in [-0.15, -0.1) is 11.3 Å². The van der Waals surface area contributed by atoms with E-state index in [1.807, 2.05) is 17.5 Å². The predicted octanol–water partition coefficient (Wildman–Crippen LogP) is 3.58. The number of phenolic OH excluding ortho intramolecular Hbond substituents is 1. The third-order valence-corrected chi connectivity index (χ3v) is 4.54. The summed E-state index contributed by atoms with van der Waals surface area (Å²) in [5.74, 6) is 0.583. The van der Waals surface area contributed by atoms with Gasteiger partial charge in [-0.1, -0.05) is 18.2 Å². The van der Waals surface area contributed by atoms with Gasteiger partial charge in [-0.2, -0.15) is 5.26 Å². The molecule has 0 atom stereocenters. The van der Waals surface area contributed by atoms with Crippen molar-refractivity contribution >= 4 is 29.2 Å². The molecule has 3 rings (SSSR count). The maximum atomic E-state index is 9.77. The third kappa shape index (κ3) is 3.29. The van der Waals surface area contributed by atoms with Gasteiger partial charge in [-0.25, -0.2) is 4.98 Å². The molecule has 2 aromatic heterocycles. The molecule has 0 radical (unpaired) electrons. The van der Waals surface area contributed by atoms with Crippen LogP contribution in [0, 0.1) is 16.7 Å². The van der Waals surface area contributed by atoms with Gasteiger partial charge in [0, 0.05) is 22.2 Å². The number of anilines is 2. The van der Waals surface area contributed by atoms with E-state index in [4.69, 9.17) is 11.1 Å². The Balaban J connectivity index is 2.14. The van der Waals surface area contributed by atoms with Crippen LogP contribution in [0.25, 0.3) is 11.1 Å². The van der Waals surface area contributed by atoms with Crippen LogP contribution in [0.2, 0.25) is 0 Å². The Labute approximate surface area is 148 Å². The number of aromatic nitrogens is 1. The van der Waals surface area contributed by atoms with Crippen LogP contribution in [-0.2, 0) is 6.54 Å². The van der Waals surface area contributed by atoms with E-state index in [1.165, 1.54) is 6.07 Å². The van der Waals surface area contributed by atoms with Crippen molar-refractivity contribution in [2.45, 2.75) is 6.54 Å². The molecule has 0 amide bonds. The Kier molecular flexibility index (Phi) is 4.64. The van der Waals surface area contributed by atoms with Crippen LogP contribution in [0.4, 0.5) is 11.6 Å². The Morgan fingerprint density at radius 2 is 2.20 bits per heavy atom. The minimum Gasteiger partial charge on any atom is -0.508 e. The molecule has 0 aliphatic rings. The smallest absolute Gasteiger partial charge is 0.147 e.